The number of hydrogen-bond acceptors (Lipinski definition) is 2. The van der Waals surface area contributed by atoms with Gasteiger partial charge in [-0.25, -0.2) is 9.37 Å². The molecule has 23 heavy (non-hydrogen) atoms. The van der Waals surface area contributed by atoms with Gasteiger partial charge in [0.15, 0.2) is 0 Å². The van der Waals surface area contributed by atoms with Gasteiger partial charge in [0.2, 0.25) is 0 Å². The maximum absolute atomic E-state index is 14.4. The highest BCUT2D eigenvalue weighted by Crippen LogP contribution is 2.39. The van der Waals surface area contributed by atoms with E-state index >= 15 is 0 Å². The van der Waals surface area contributed by atoms with Crippen molar-refractivity contribution in [1.82, 2.24) is 9.97 Å². The largest absolute Gasteiger partial charge is 0.345 e. The van der Waals surface area contributed by atoms with Gasteiger partial charge in [-0.3, -0.25) is 4.79 Å². The number of anilines is 1. The third-order valence-electron chi connectivity index (χ3n) is 3.80. The second-order valence-corrected chi connectivity index (χ2v) is 5.17. The number of benzene rings is 2. The lowest BCUT2D eigenvalue weighted by atomic mass is 9.94. The molecule has 0 radical (unpaired) electrons. The minimum absolute atomic E-state index is 0.263. The molecule has 4 nitrogen and oxygen atoms in total. The Morgan fingerprint density at radius 2 is 1.83 bits per heavy atom. The van der Waals surface area contributed by atoms with Crippen LogP contribution in [0.4, 0.5) is 10.1 Å². The number of aromatic nitrogens is 2. The molecular formula is C18H12FN3O. The number of carbonyl (C=O) groups is 1. The first kappa shape index (κ1) is 13.5. The molecule has 0 saturated heterocycles. The van der Waals surface area contributed by atoms with Gasteiger partial charge in [0.05, 0.1) is 5.57 Å². The van der Waals surface area contributed by atoms with Gasteiger partial charge in [-0.2, -0.15) is 0 Å². The quantitative estimate of drug-likeness (QED) is 0.712. The van der Waals surface area contributed by atoms with Crippen LogP contribution in [-0.4, -0.2) is 15.9 Å². The van der Waals surface area contributed by atoms with Gasteiger partial charge in [-0.05, 0) is 12.1 Å². The van der Waals surface area contributed by atoms with E-state index < -0.39 is 5.82 Å². The molecule has 0 unspecified atom stereocenters. The molecule has 1 aliphatic rings. The third-order valence-corrected chi connectivity index (χ3v) is 3.80. The fraction of sp³-hybridized carbons (Fsp3) is 0. The summed E-state index contributed by atoms with van der Waals surface area (Å²) < 4.78 is 14.4. The Hall–Kier alpha value is -3.21. The molecule has 0 aliphatic carbocycles. The Bertz CT molecular complexity index is 929. The molecule has 4 rings (SSSR count). The topological polar surface area (TPSA) is 57.8 Å². The Morgan fingerprint density at radius 1 is 1.04 bits per heavy atom. The second kappa shape index (κ2) is 5.21. The summed E-state index contributed by atoms with van der Waals surface area (Å²) in [7, 11) is 0. The lowest BCUT2D eigenvalue weighted by Crippen LogP contribution is -2.08. The first-order chi connectivity index (χ1) is 11.3. The number of nitrogens with zero attached hydrogens (tertiary/aromatic N) is 1. The van der Waals surface area contributed by atoms with Crippen LogP contribution >= 0.6 is 0 Å². The van der Waals surface area contributed by atoms with Gasteiger partial charge >= 0.3 is 0 Å². The molecule has 0 spiro atoms. The fourth-order valence-electron chi connectivity index (χ4n) is 2.81. The van der Waals surface area contributed by atoms with Gasteiger partial charge in [0, 0.05) is 34.8 Å². The molecule has 0 atom stereocenters. The van der Waals surface area contributed by atoms with Crippen molar-refractivity contribution < 1.29 is 9.18 Å². The molecular weight excluding hydrogens is 293 g/mol. The molecule has 0 saturated carbocycles. The van der Waals surface area contributed by atoms with Crippen LogP contribution in [0.25, 0.3) is 11.1 Å². The number of H-pyrrole nitrogens is 1. The third kappa shape index (κ3) is 2.14. The van der Waals surface area contributed by atoms with Crippen LogP contribution in [0.1, 0.15) is 17.0 Å². The van der Waals surface area contributed by atoms with Gasteiger partial charge in [-0.1, -0.05) is 36.4 Å². The summed E-state index contributed by atoms with van der Waals surface area (Å²) in [6.45, 7) is 0. The molecule has 0 bridgehead atoms. The van der Waals surface area contributed by atoms with Gasteiger partial charge in [-0.15, -0.1) is 0 Å². The number of fused-ring (bicyclic) bond motifs is 1. The van der Waals surface area contributed by atoms with Crippen molar-refractivity contribution in [3.05, 3.63) is 83.7 Å². The Labute approximate surface area is 131 Å². The minimum atomic E-state index is -0.399. The lowest BCUT2D eigenvalue weighted by Gasteiger charge is -2.10. The van der Waals surface area contributed by atoms with E-state index in [0.717, 1.165) is 5.56 Å². The predicted octanol–water partition coefficient (Wildman–Crippen LogP) is 3.46. The number of halogens is 1. The van der Waals surface area contributed by atoms with E-state index in [1.54, 1.807) is 30.6 Å². The van der Waals surface area contributed by atoms with E-state index in [1.807, 2.05) is 24.3 Å². The number of aromatic amines is 1. The molecule has 2 aromatic carbocycles. The van der Waals surface area contributed by atoms with Crippen LogP contribution in [0.5, 0.6) is 0 Å². The first-order valence-corrected chi connectivity index (χ1v) is 7.15. The predicted molar refractivity (Wildman–Crippen MR) is 86.0 cm³/mol. The number of rotatable bonds is 2. The summed E-state index contributed by atoms with van der Waals surface area (Å²) >= 11 is 0. The van der Waals surface area contributed by atoms with Gasteiger partial charge in [0.25, 0.3) is 5.91 Å². The van der Waals surface area contributed by atoms with E-state index in [1.165, 1.54) is 6.07 Å². The Kier molecular flexibility index (Phi) is 3.05. The van der Waals surface area contributed by atoms with Crippen molar-refractivity contribution in [2.24, 2.45) is 0 Å². The molecule has 5 heteroatoms. The highest BCUT2D eigenvalue weighted by atomic mass is 19.1. The van der Waals surface area contributed by atoms with Crippen molar-refractivity contribution in [3.63, 3.8) is 0 Å². The van der Waals surface area contributed by atoms with Crippen molar-refractivity contribution in [1.29, 1.82) is 0 Å². The molecule has 2 N–H and O–H groups in total. The average Bonchev–Trinajstić information content (AvgIpc) is 3.18. The van der Waals surface area contributed by atoms with E-state index in [0.29, 0.717) is 28.2 Å². The lowest BCUT2D eigenvalue weighted by molar-refractivity contribution is -0.110. The van der Waals surface area contributed by atoms with Crippen molar-refractivity contribution in [2.45, 2.75) is 0 Å². The van der Waals surface area contributed by atoms with Crippen LogP contribution in [0.2, 0.25) is 0 Å². The van der Waals surface area contributed by atoms with Crippen LogP contribution in [0.3, 0.4) is 0 Å². The molecule has 1 aromatic heterocycles. The Balaban J connectivity index is 2.08. The number of carbonyl (C=O) groups excluding carboxylic acids is 1. The van der Waals surface area contributed by atoms with Gasteiger partial charge < -0.3 is 10.3 Å². The second-order valence-electron chi connectivity index (χ2n) is 5.17. The maximum Gasteiger partial charge on any atom is 0.257 e. The summed E-state index contributed by atoms with van der Waals surface area (Å²) in [5.41, 5.74) is 2.67. The Morgan fingerprint density at radius 3 is 2.61 bits per heavy atom. The summed E-state index contributed by atoms with van der Waals surface area (Å²) in [6.07, 6.45) is 3.23. The summed E-state index contributed by atoms with van der Waals surface area (Å²) in [5.74, 6) is -0.207. The monoisotopic (exact) mass is 305 g/mol. The van der Waals surface area contributed by atoms with E-state index in [-0.39, 0.29) is 5.91 Å². The summed E-state index contributed by atoms with van der Waals surface area (Å²) in [5, 5.41) is 2.82. The standard InChI is InChI=1S/C18H12FN3O/c19-13-7-3-1-5-11(13)15(17-20-9-10-21-17)16-12-6-2-4-8-14(12)22-18(16)23/h1-10H,(H,20,21)(H,22,23). The van der Waals surface area contributed by atoms with Gasteiger partial charge in [0.1, 0.15) is 11.6 Å². The minimum Gasteiger partial charge on any atom is -0.345 e. The zero-order valence-electron chi connectivity index (χ0n) is 12.0. The number of para-hydroxylation sites is 1. The normalized spacial score (nSPS) is 15.3. The van der Waals surface area contributed by atoms with E-state index in [9.17, 15) is 9.18 Å². The average molecular weight is 305 g/mol. The molecule has 0 fully saturated rings. The molecule has 3 aromatic rings. The first-order valence-electron chi connectivity index (χ1n) is 7.15. The maximum atomic E-state index is 14.4. The summed E-state index contributed by atoms with van der Waals surface area (Å²) in [6, 6.07) is 13.7. The van der Waals surface area contributed by atoms with Crippen LogP contribution in [-0.2, 0) is 4.79 Å². The highest BCUT2D eigenvalue weighted by Gasteiger charge is 2.30. The molecule has 112 valence electrons. The number of nitrogens with one attached hydrogen (secondary N) is 2. The van der Waals surface area contributed by atoms with E-state index in [4.69, 9.17) is 0 Å². The number of amides is 1. The molecule has 1 amide bonds. The smallest absolute Gasteiger partial charge is 0.257 e. The molecule has 2 heterocycles. The van der Waals surface area contributed by atoms with Crippen LogP contribution in [0.15, 0.2) is 60.9 Å². The van der Waals surface area contributed by atoms with Crippen LogP contribution < -0.4 is 5.32 Å². The fourth-order valence-corrected chi connectivity index (χ4v) is 2.81. The number of imidazole rings is 1. The SMILES string of the molecule is O=C1Nc2ccccc2C1=C(c1ncc[nH]1)c1ccccc1F. The zero-order chi connectivity index (χ0) is 15.8. The number of hydrogen-bond donors (Lipinski definition) is 2. The van der Waals surface area contributed by atoms with Crippen molar-refractivity contribution >= 4 is 22.7 Å². The summed E-state index contributed by atoms with van der Waals surface area (Å²) in [4.78, 5) is 19.7. The van der Waals surface area contributed by atoms with Crippen molar-refractivity contribution in [2.75, 3.05) is 5.32 Å². The van der Waals surface area contributed by atoms with Crippen molar-refractivity contribution in [3.8, 4) is 0 Å². The highest BCUT2D eigenvalue weighted by molar-refractivity contribution is 6.37. The zero-order valence-corrected chi connectivity index (χ0v) is 12.0. The van der Waals surface area contributed by atoms with Crippen LogP contribution in [0, 0.1) is 5.82 Å². The van der Waals surface area contributed by atoms with E-state index in [2.05, 4.69) is 15.3 Å². The molecule has 1 aliphatic heterocycles.